The number of carbonyl (C=O) groups excluding carboxylic acids is 1. The van der Waals surface area contributed by atoms with E-state index in [2.05, 4.69) is 10.0 Å². The molecule has 0 saturated heterocycles. The Labute approximate surface area is 155 Å². The Kier molecular flexibility index (Phi) is 7.32. The average molecular weight is 375 g/mol. The van der Waals surface area contributed by atoms with Gasteiger partial charge in [-0.15, -0.1) is 0 Å². The van der Waals surface area contributed by atoms with Crippen LogP contribution in [0.2, 0.25) is 0 Å². The van der Waals surface area contributed by atoms with E-state index in [1.807, 2.05) is 49.3 Å². The second kappa shape index (κ2) is 9.47. The molecule has 0 radical (unpaired) electrons. The molecule has 0 unspecified atom stereocenters. The molecule has 0 saturated carbocycles. The topological polar surface area (TPSA) is 78.5 Å². The van der Waals surface area contributed by atoms with Crippen LogP contribution in [0.25, 0.3) is 0 Å². The molecule has 2 N–H and O–H groups in total. The number of hydrogen-bond acceptors (Lipinski definition) is 4. The fourth-order valence-electron chi connectivity index (χ4n) is 2.34. The van der Waals surface area contributed by atoms with Crippen molar-refractivity contribution in [3.63, 3.8) is 0 Å². The minimum absolute atomic E-state index is 0.150. The van der Waals surface area contributed by atoms with E-state index in [4.69, 9.17) is 0 Å². The molecule has 0 aliphatic rings. The maximum Gasteiger partial charge on any atom is 0.251 e. The summed E-state index contributed by atoms with van der Waals surface area (Å²) in [5.74, 6) is -0.217. The number of rotatable bonds is 9. The summed E-state index contributed by atoms with van der Waals surface area (Å²) in [7, 11) is 0.189. The van der Waals surface area contributed by atoms with Crippen molar-refractivity contribution in [2.24, 2.45) is 0 Å². The summed E-state index contributed by atoms with van der Waals surface area (Å²) in [5, 5.41) is 2.84. The standard InChI is InChI=1S/C19H25N3O3S/c1-22(2)15-14-21-26(24,25)18-10-8-17(9-11-18)19(23)20-13-12-16-6-4-3-5-7-16/h3-11,21H,12-15H2,1-2H3,(H,20,23). The van der Waals surface area contributed by atoms with Gasteiger partial charge in [-0.25, -0.2) is 13.1 Å². The third-order valence-electron chi connectivity index (χ3n) is 3.82. The summed E-state index contributed by atoms with van der Waals surface area (Å²) >= 11 is 0. The molecule has 0 aliphatic heterocycles. The van der Waals surface area contributed by atoms with Gasteiger partial charge in [-0.3, -0.25) is 4.79 Å². The summed E-state index contributed by atoms with van der Waals surface area (Å²) in [6, 6.07) is 15.8. The monoisotopic (exact) mass is 375 g/mol. The minimum atomic E-state index is -3.56. The first kappa shape index (κ1) is 20.1. The molecule has 0 atom stereocenters. The number of carbonyl (C=O) groups is 1. The van der Waals surface area contributed by atoms with Gasteiger partial charge in [0.25, 0.3) is 5.91 Å². The molecule has 0 spiro atoms. The van der Waals surface area contributed by atoms with Gasteiger partial charge in [0.2, 0.25) is 10.0 Å². The smallest absolute Gasteiger partial charge is 0.251 e. The van der Waals surface area contributed by atoms with E-state index in [1.54, 1.807) is 0 Å². The second-order valence-electron chi connectivity index (χ2n) is 6.22. The van der Waals surface area contributed by atoms with Crippen LogP contribution in [0.15, 0.2) is 59.5 Å². The third kappa shape index (κ3) is 6.25. The van der Waals surface area contributed by atoms with Gasteiger partial charge in [0.1, 0.15) is 0 Å². The Morgan fingerprint density at radius 2 is 1.62 bits per heavy atom. The maximum atomic E-state index is 12.2. The molecular formula is C19H25N3O3S. The molecule has 0 aliphatic carbocycles. The Hall–Kier alpha value is -2.22. The van der Waals surface area contributed by atoms with Crippen molar-refractivity contribution in [2.75, 3.05) is 33.7 Å². The van der Waals surface area contributed by atoms with Crippen molar-refractivity contribution in [1.82, 2.24) is 14.9 Å². The van der Waals surface area contributed by atoms with E-state index in [-0.39, 0.29) is 10.8 Å². The van der Waals surface area contributed by atoms with Crippen molar-refractivity contribution in [3.8, 4) is 0 Å². The van der Waals surface area contributed by atoms with Crippen LogP contribution in [0.4, 0.5) is 0 Å². The quantitative estimate of drug-likeness (QED) is 0.696. The van der Waals surface area contributed by atoms with Crippen LogP contribution < -0.4 is 10.0 Å². The number of nitrogens with one attached hydrogen (secondary N) is 2. The van der Waals surface area contributed by atoms with Crippen molar-refractivity contribution in [2.45, 2.75) is 11.3 Å². The van der Waals surface area contributed by atoms with Crippen molar-refractivity contribution in [1.29, 1.82) is 0 Å². The van der Waals surface area contributed by atoms with E-state index < -0.39 is 10.0 Å². The van der Waals surface area contributed by atoms with Gasteiger partial charge in [-0.2, -0.15) is 0 Å². The molecule has 0 fully saturated rings. The number of hydrogen-bond donors (Lipinski definition) is 2. The van der Waals surface area contributed by atoms with Crippen LogP contribution in [-0.4, -0.2) is 53.0 Å². The Morgan fingerprint density at radius 3 is 2.23 bits per heavy atom. The Morgan fingerprint density at radius 1 is 0.962 bits per heavy atom. The van der Waals surface area contributed by atoms with Gasteiger partial charge in [0, 0.05) is 25.2 Å². The van der Waals surface area contributed by atoms with Crippen LogP contribution in [-0.2, 0) is 16.4 Å². The molecule has 0 bridgehead atoms. The molecule has 2 rings (SSSR count). The minimum Gasteiger partial charge on any atom is -0.352 e. The highest BCUT2D eigenvalue weighted by Crippen LogP contribution is 2.10. The fourth-order valence-corrected chi connectivity index (χ4v) is 3.36. The molecule has 0 aromatic heterocycles. The van der Waals surface area contributed by atoms with E-state index in [0.29, 0.717) is 25.2 Å². The SMILES string of the molecule is CN(C)CCNS(=O)(=O)c1ccc(C(=O)NCCc2ccccc2)cc1. The lowest BCUT2D eigenvalue weighted by Crippen LogP contribution is -2.31. The first-order chi connectivity index (χ1) is 12.4. The highest BCUT2D eigenvalue weighted by Gasteiger charge is 2.14. The first-order valence-electron chi connectivity index (χ1n) is 8.45. The van der Waals surface area contributed by atoms with Gasteiger partial charge in [0.15, 0.2) is 0 Å². The number of nitrogens with zero attached hydrogens (tertiary/aromatic N) is 1. The zero-order valence-corrected chi connectivity index (χ0v) is 15.9. The van der Waals surface area contributed by atoms with Crippen LogP contribution in [0, 0.1) is 0 Å². The number of amides is 1. The van der Waals surface area contributed by atoms with Crippen LogP contribution >= 0.6 is 0 Å². The highest BCUT2D eigenvalue weighted by atomic mass is 32.2. The van der Waals surface area contributed by atoms with Crippen LogP contribution in [0.5, 0.6) is 0 Å². The summed E-state index contributed by atoms with van der Waals surface area (Å²) in [6.07, 6.45) is 0.745. The lowest BCUT2D eigenvalue weighted by molar-refractivity contribution is 0.0954. The van der Waals surface area contributed by atoms with Crippen molar-refractivity contribution >= 4 is 15.9 Å². The molecule has 26 heavy (non-hydrogen) atoms. The molecule has 140 valence electrons. The van der Waals surface area contributed by atoms with E-state index >= 15 is 0 Å². The summed E-state index contributed by atoms with van der Waals surface area (Å²) in [5.41, 5.74) is 1.59. The number of likely N-dealkylation sites (N-methyl/N-ethyl adjacent to an activating group) is 1. The number of benzene rings is 2. The Bertz CT molecular complexity index is 804. The summed E-state index contributed by atoms with van der Waals surface area (Å²) in [6.45, 7) is 1.47. The van der Waals surface area contributed by atoms with Crippen molar-refractivity contribution in [3.05, 3.63) is 65.7 Å². The number of sulfonamides is 1. The first-order valence-corrected chi connectivity index (χ1v) is 9.93. The third-order valence-corrected chi connectivity index (χ3v) is 5.30. The molecule has 1 amide bonds. The normalized spacial score (nSPS) is 11.5. The van der Waals surface area contributed by atoms with Crippen LogP contribution in [0.1, 0.15) is 15.9 Å². The van der Waals surface area contributed by atoms with Gasteiger partial charge in [-0.05, 0) is 50.3 Å². The summed E-state index contributed by atoms with van der Waals surface area (Å²) < 4.78 is 26.9. The molecule has 7 heteroatoms. The predicted molar refractivity (Wildman–Crippen MR) is 103 cm³/mol. The molecular weight excluding hydrogens is 350 g/mol. The zero-order chi connectivity index (χ0) is 19.0. The summed E-state index contributed by atoms with van der Waals surface area (Å²) in [4.78, 5) is 14.2. The predicted octanol–water partition coefficient (Wildman–Crippen LogP) is 1.50. The lowest BCUT2D eigenvalue weighted by atomic mass is 10.1. The zero-order valence-electron chi connectivity index (χ0n) is 15.1. The maximum absolute atomic E-state index is 12.2. The van der Waals surface area contributed by atoms with E-state index in [9.17, 15) is 13.2 Å². The Balaban J connectivity index is 1.88. The fraction of sp³-hybridized carbons (Fsp3) is 0.316. The molecule has 6 nitrogen and oxygen atoms in total. The largest absolute Gasteiger partial charge is 0.352 e. The average Bonchev–Trinajstić information content (AvgIpc) is 2.62. The van der Waals surface area contributed by atoms with Gasteiger partial charge < -0.3 is 10.2 Å². The second-order valence-corrected chi connectivity index (χ2v) is 7.98. The van der Waals surface area contributed by atoms with Crippen molar-refractivity contribution < 1.29 is 13.2 Å². The van der Waals surface area contributed by atoms with Gasteiger partial charge in [0.05, 0.1) is 4.90 Å². The lowest BCUT2D eigenvalue weighted by Gasteiger charge is -2.11. The van der Waals surface area contributed by atoms with Crippen LogP contribution in [0.3, 0.4) is 0 Å². The molecule has 0 heterocycles. The van der Waals surface area contributed by atoms with E-state index in [1.165, 1.54) is 24.3 Å². The van der Waals surface area contributed by atoms with E-state index in [0.717, 1.165) is 12.0 Å². The molecule has 2 aromatic rings. The van der Waals surface area contributed by atoms with Gasteiger partial charge in [-0.1, -0.05) is 30.3 Å². The highest BCUT2D eigenvalue weighted by molar-refractivity contribution is 7.89. The van der Waals surface area contributed by atoms with Gasteiger partial charge >= 0.3 is 0 Å². The molecule has 2 aromatic carbocycles.